The fraction of sp³-hybridized carbons (Fsp3) is 0.435. The predicted octanol–water partition coefficient (Wildman–Crippen LogP) is 3.75. The Morgan fingerprint density at radius 1 is 1.28 bits per heavy atom. The first-order chi connectivity index (χ1) is 15.3. The van der Waals surface area contributed by atoms with Gasteiger partial charge in [-0.1, -0.05) is 26.7 Å². The molecule has 3 aromatic heterocycles. The molecule has 170 valence electrons. The summed E-state index contributed by atoms with van der Waals surface area (Å²) in [5, 5.41) is 7.18. The van der Waals surface area contributed by atoms with E-state index < -0.39 is 11.7 Å². The molecular weight excluding hydrogens is 409 g/mol. The molecule has 3 heterocycles. The van der Waals surface area contributed by atoms with Gasteiger partial charge in [0.2, 0.25) is 0 Å². The fourth-order valence-electron chi connectivity index (χ4n) is 4.26. The minimum Gasteiger partial charge on any atom is -0.365 e. The van der Waals surface area contributed by atoms with Crippen molar-refractivity contribution in [1.82, 2.24) is 14.5 Å². The molecule has 9 heteroatoms. The normalized spacial score (nSPS) is 18.8. The number of carbonyl (C=O) groups is 1. The van der Waals surface area contributed by atoms with Crippen LogP contribution >= 0.6 is 0 Å². The number of amides is 1. The van der Waals surface area contributed by atoms with Gasteiger partial charge in [0, 0.05) is 36.4 Å². The van der Waals surface area contributed by atoms with Crippen LogP contribution in [0.15, 0.2) is 30.6 Å². The van der Waals surface area contributed by atoms with Gasteiger partial charge in [-0.15, -0.1) is 0 Å². The number of aromatic nitrogens is 3. The topological polar surface area (TPSA) is 124 Å². The maximum absolute atomic E-state index is 14.8. The Bertz CT molecular complexity index is 1130. The van der Waals surface area contributed by atoms with Crippen molar-refractivity contribution in [3.05, 3.63) is 42.0 Å². The van der Waals surface area contributed by atoms with E-state index in [9.17, 15) is 9.18 Å². The molecule has 0 aliphatic heterocycles. The van der Waals surface area contributed by atoms with Crippen LogP contribution in [0.4, 0.5) is 21.7 Å². The summed E-state index contributed by atoms with van der Waals surface area (Å²) in [7, 11) is 0. The molecule has 32 heavy (non-hydrogen) atoms. The summed E-state index contributed by atoms with van der Waals surface area (Å²) in [5.74, 6) is -0.686. The zero-order valence-electron chi connectivity index (χ0n) is 18.4. The third-order valence-corrected chi connectivity index (χ3v) is 5.86. The zero-order chi connectivity index (χ0) is 22.8. The van der Waals surface area contributed by atoms with Crippen molar-refractivity contribution in [2.24, 2.45) is 17.4 Å². The van der Waals surface area contributed by atoms with Gasteiger partial charge >= 0.3 is 0 Å². The van der Waals surface area contributed by atoms with Crippen LogP contribution in [0.5, 0.6) is 0 Å². The smallest absolute Gasteiger partial charge is 0.252 e. The Morgan fingerprint density at radius 2 is 2.06 bits per heavy atom. The van der Waals surface area contributed by atoms with E-state index in [1.54, 1.807) is 12.3 Å². The van der Waals surface area contributed by atoms with Crippen LogP contribution in [-0.4, -0.2) is 32.5 Å². The second kappa shape index (κ2) is 9.12. The van der Waals surface area contributed by atoms with Gasteiger partial charge in [0.05, 0.1) is 11.3 Å². The molecule has 8 nitrogen and oxygen atoms in total. The average Bonchev–Trinajstić information content (AvgIpc) is 3.15. The summed E-state index contributed by atoms with van der Waals surface area (Å²) in [4.78, 5) is 20.9. The highest BCUT2D eigenvalue weighted by molar-refractivity contribution is 6.00. The largest absolute Gasteiger partial charge is 0.365 e. The first-order valence-electron chi connectivity index (χ1n) is 11.1. The van der Waals surface area contributed by atoms with Crippen molar-refractivity contribution in [1.29, 1.82) is 0 Å². The third-order valence-electron chi connectivity index (χ3n) is 5.86. The molecule has 1 aliphatic carbocycles. The van der Waals surface area contributed by atoms with Gasteiger partial charge < -0.3 is 26.7 Å². The molecule has 1 amide bonds. The van der Waals surface area contributed by atoms with Crippen molar-refractivity contribution in [3.63, 3.8) is 0 Å². The van der Waals surface area contributed by atoms with Crippen molar-refractivity contribution in [2.75, 3.05) is 10.6 Å². The molecule has 0 saturated heterocycles. The van der Waals surface area contributed by atoms with Crippen LogP contribution in [-0.2, 0) is 6.54 Å². The quantitative estimate of drug-likeness (QED) is 0.444. The molecule has 0 unspecified atom stereocenters. The average molecular weight is 440 g/mol. The second-order valence-electron chi connectivity index (χ2n) is 8.86. The number of carbonyl (C=O) groups excluding carboxylic acids is 1. The van der Waals surface area contributed by atoms with Gasteiger partial charge in [-0.2, -0.15) is 0 Å². The Morgan fingerprint density at radius 3 is 2.78 bits per heavy atom. The third kappa shape index (κ3) is 4.52. The lowest BCUT2D eigenvalue weighted by molar-refractivity contribution is 0.100. The molecule has 3 aromatic rings. The Labute approximate surface area is 186 Å². The summed E-state index contributed by atoms with van der Waals surface area (Å²) in [5.41, 5.74) is 13.2. The predicted molar refractivity (Wildman–Crippen MR) is 124 cm³/mol. The Balaban J connectivity index is 1.69. The van der Waals surface area contributed by atoms with Crippen molar-refractivity contribution in [3.8, 4) is 0 Å². The van der Waals surface area contributed by atoms with Crippen LogP contribution in [0.2, 0.25) is 0 Å². The lowest BCUT2D eigenvalue weighted by Crippen LogP contribution is -2.43. The molecular formula is C23H30FN7O. The molecule has 0 spiro atoms. The van der Waals surface area contributed by atoms with E-state index in [-0.39, 0.29) is 29.3 Å². The van der Waals surface area contributed by atoms with Crippen molar-refractivity contribution >= 4 is 34.3 Å². The van der Waals surface area contributed by atoms with E-state index in [1.165, 1.54) is 0 Å². The molecule has 1 aliphatic rings. The van der Waals surface area contributed by atoms with E-state index in [0.29, 0.717) is 11.6 Å². The highest BCUT2D eigenvalue weighted by atomic mass is 19.1. The maximum Gasteiger partial charge on any atom is 0.252 e. The number of hydrogen-bond acceptors (Lipinski definition) is 6. The number of pyridine rings is 2. The highest BCUT2D eigenvalue weighted by Gasteiger charge is 2.24. The van der Waals surface area contributed by atoms with Gasteiger partial charge in [0.15, 0.2) is 11.6 Å². The van der Waals surface area contributed by atoms with E-state index >= 15 is 0 Å². The van der Waals surface area contributed by atoms with Crippen molar-refractivity contribution in [2.45, 2.75) is 58.2 Å². The summed E-state index contributed by atoms with van der Waals surface area (Å²) in [6.07, 6.45) is 7.49. The molecule has 0 bridgehead atoms. The number of nitrogens with zero attached hydrogens (tertiary/aromatic N) is 3. The summed E-state index contributed by atoms with van der Waals surface area (Å²) >= 11 is 0. The van der Waals surface area contributed by atoms with E-state index in [4.69, 9.17) is 11.5 Å². The number of hydrogen-bond donors (Lipinski definition) is 4. The Hall–Kier alpha value is -3.20. The lowest BCUT2D eigenvalue weighted by atomic mass is 9.91. The SMILES string of the molecule is CC(C)Cn1ccc2c(Nc3nc(N[C@@H]4CCCC[C@@H]4N)c(F)cc3C(N)=O)ccnc21. The number of anilines is 3. The number of nitrogens with one attached hydrogen (secondary N) is 2. The maximum atomic E-state index is 14.8. The van der Waals surface area contributed by atoms with Crippen LogP contribution < -0.4 is 22.1 Å². The monoisotopic (exact) mass is 439 g/mol. The number of rotatable bonds is 7. The van der Waals surface area contributed by atoms with Crippen LogP contribution in [0.25, 0.3) is 11.0 Å². The lowest BCUT2D eigenvalue weighted by Gasteiger charge is -2.30. The van der Waals surface area contributed by atoms with Gasteiger partial charge in [-0.05, 0) is 37.0 Å². The second-order valence-corrected chi connectivity index (χ2v) is 8.86. The minimum absolute atomic E-state index is 0.0208. The first-order valence-corrected chi connectivity index (χ1v) is 11.1. The molecule has 4 rings (SSSR count). The standard InChI is InChI=1S/C23H30FN7O/c1-13(2)12-31-10-8-14-18(7-9-27-23(14)31)28-21-15(20(26)32)11-16(24)22(30-21)29-19-6-4-3-5-17(19)25/h7-11,13,17,19H,3-6,12,25H2,1-2H3,(H2,26,32)(H2,27,28,29,30)/t17-,19+/m0/s1. The van der Waals surface area contributed by atoms with Crippen LogP contribution in [0.1, 0.15) is 49.9 Å². The van der Waals surface area contributed by atoms with E-state index in [2.05, 4.69) is 39.0 Å². The van der Waals surface area contributed by atoms with Crippen LogP contribution in [0, 0.1) is 11.7 Å². The van der Waals surface area contributed by atoms with Crippen LogP contribution in [0.3, 0.4) is 0 Å². The Kier molecular flexibility index (Phi) is 6.27. The summed E-state index contributed by atoms with van der Waals surface area (Å²) in [6, 6.07) is 4.73. The molecule has 1 fully saturated rings. The van der Waals surface area contributed by atoms with E-state index in [1.807, 2.05) is 12.3 Å². The van der Waals surface area contributed by atoms with Crippen molar-refractivity contribution < 1.29 is 9.18 Å². The fourth-order valence-corrected chi connectivity index (χ4v) is 4.26. The molecule has 6 N–H and O–H groups in total. The van der Waals surface area contributed by atoms with E-state index in [0.717, 1.165) is 49.3 Å². The summed E-state index contributed by atoms with van der Waals surface area (Å²) < 4.78 is 16.9. The molecule has 0 aromatic carbocycles. The number of halogens is 1. The highest BCUT2D eigenvalue weighted by Crippen LogP contribution is 2.30. The molecule has 2 atom stereocenters. The minimum atomic E-state index is -0.762. The number of fused-ring (bicyclic) bond motifs is 1. The van der Waals surface area contributed by atoms with Gasteiger partial charge in [0.25, 0.3) is 5.91 Å². The molecule has 0 radical (unpaired) electrons. The summed E-state index contributed by atoms with van der Waals surface area (Å²) in [6.45, 7) is 5.11. The number of nitrogens with two attached hydrogens (primary N) is 2. The van der Waals surface area contributed by atoms with Gasteiger partial charge in [-0.3, -0.25) is 4.79 Å². The van der Waals surface area contributed by atoms with Gasteiger partial charge in [0.1, 0.15) is 11.5 Å². The molecule has 1 saturated carbocycles. The zero-order valence-corrected chi connectivity index (χ0v) is 18.4. The number of primary amides is 1. The van der Waals surface area contributed by atoms with Gasteiger partial charge in [-0.25, -0.2) is 14.4 Å². The first kappa shape index (κ1) is 22.0.